The molecule has 1 heterocycles. The molecule has 1 fully saturated rings. The minimum atomic E-state index is 0.0795. The molecule has 0 unspecified atom stereocenters. The second-order valence-corrected chi connectivity index (χ2v) is 6.41. The lowest BCUT2D eigenvalue weighted by Gasteiger charge is -2.31. The zero-order chi connectivity index (χ0) is 17.6. The van der Waals surface area contributed by atoms with Crippen LogP contribution in [0.15, 0.2) is 48.5 Å². The van der Waals surface area contributed by atoms with E-state index in [2.05, 4.69) is 11.0 Å². The summed E-state index contributed by atoms with van der Waals surface area (Å²) in [7, 11) is 1.62. The van der Waals surface area contributed by atoms with Gasteiger partial charge in [-0.15, -0.1) is 0 Å². The normalized spacial score (nSPS) is 15.5. The average Bonchev–Trinajstić information content (AvgIpc) is 2.68. The van der Waals surface area contributed by atoms with E-state index in [1.54, 1.807) is 7.11 Å². The molecule has 4 heteroatoms. The fourth-order valence-corrected chi connectivity index (χ4v) is 3.35. The molecule has 0 spiro atoms. The van der Waals surface area contributed by atoms with E-state index in [0.29, 0.717) is 0 Å². The molecule has 25 heavy (non-hydrogen) atoms. The molecule has 2 aromatic carbocycles. The highest BCUT2D eigenvalue weighted by Gasteiger charge is 2.26. The molecule has 0 aromatic heterocycles. The third-order valence-electron chi connectivity index (χ3n) is 4.86. The van der Waals surface area contributed by atoms with Gasteiger partial charge in [0.15, 0.2) is 5.78 Å². The molecule has 2 aromatic rings. The Balaban J connectivity index is 1.58. The predicted molar refractivity (Wildman–Crippen MR) is 96.5 cm³/mol. The van der Waals surface area contributed by atoms with Crippen molar-refractivity contribution in [1.82, 2.24) is 4.90 Å². The first kappa shape index (κ1) is 17.2. The first-order valence-corrected chi connectivity index (χ1v) is 8.60. The maximum absolute atomic E-state index is 12.7. The maximum Gasteiger partial charge on any atom is 0.166 e. The third kappa shape index (κ3) is 4.07. The number of nitriles is 1. The van der Waals surface area contributed by atoms with Crippen LogP contribution in [0.1, 0.15) is 34.3 Å². The Morgan fingerprint density at radius 3 is 2.48 bits per heavy atom. The van der Waals surface area contributed by atoms with Crippen LogP contribution in [0.3, 0.4) is 0 Å². The van der Waals surface area contributed by atoms with Gasteiger partial charge in [0.25, 0.3) is 0 Å². The molecule has 0 N–H and O–H groups in total. The van der Waals surface area contributed by atoms with Crippen molar-refractivity contribution < 1.29 is 9.53 Å². The number of piperidine rings is 1. The molecule has 1 saturated heterocycles. The zero-order valence-electron chi connectivity index (χ0n) is 14.4. The van der Waals surface area contributed by atoms with Crippen LogP contribution < -0.4 is 4.74 Å². The number of ether oxygens (including phenoxy) is 1. The number of Topliss-reactive ketones (excluding diaryl/α,β-unsaturated/α-hetero) is 1. The van der Waals surface area contributed by atoms with Crippen molar-refractivity contribution in [2.75, 3.05) is 20.2 Å². The molecule has 0 radical (unpaired) electrons. The van der Waals surface area contributed by atoms with Gasteiger partial charge >= 0.3 is 0 Å². The van der Waals surface area contributed by atoms with Gasteiger partial charge in [-0.2, -0.15) is 5.26 Å². The van der Waals surface area contributed by atoms with Crippen molar-refractivity contribution in [1.29, 1.82) is 5.26 Å². The highest BCUT2D eigenvalue weighted by atomic mass is 16.5. The van der Waals surface area contributed by atoms with Gasteiger partial charge in [0.2, 0.25) is 0 Å². The summed E-state index contributed by atoms with van der Waals surface area (Å²) in [4.78, 5) is 15.0. The molecule has 128 valence electrons. The predicted octanol–water partition coefficient (Wildman–Crippen LogP) is 3.66. The standard InChI is InChI=1S/C21H22N2O2/c1-25-20-8-6-16(7-9-20)21(24)17-10-12-23(13-11-17)15-19-5-3-2-4-18(19)14-22/h2-9,17H,10-13,15H2,1H3. The Morgan fingerprint density at radius 1 is 1.16 bits per heavy atom. The number of likely N-dealkylation sites (tertiary alicyclic amines) is 1. The lowest BCUT2D eigenvalue weighted by molar-refractivity contribution is 0.0835. The van der Waals surface area contributed by atoms with Crippen LogP contribution in [0, 0.1) is 17.2 Å². The SMILES string of the molecule is COc1ccc(C(=O)C2CCN(Cc3ccccc3C#N)CC2)cc1. The van der Waals surface area contributed by atoms with Crippen LogP contribution in [0.4, 0.5) is 0 Å². The summed E-state index contributed by atoms with van der Waals surface area (Å²) >= 11 is 0. The smallest absolute Gasteiger partial charge is 0.166 e. The molecule has 1 aliphatic heterocycles. The second kappa shape index (κ2) is 7.96. The highest BCUT2D eigenvalue weighted by Crippen LogP contribution is 2.24. The van der Waals surface area contributed by atoms with E-state index in [-0.39, 0.29) is 11.7 Å². The molecule has 3 rings (SSSR count). The molecular formula is C21H22N2O2. The van der Waals surface area contributed by atoms with Crippen LogP contribution in [-0.4, -0.2) is 30.9 Å². The number of benzene rings is 2. The highest BCUT2D eigenvalue weighted by molar-refractivity contribution is 5.98. The minimum Gasteiger partial charge on any atom is -0.497 e. The first-order chi connectivity index (χ1) is 12.2. The monoisotopic (exact) mass is 334 g/mol. The van der Waals surface area contributed by atoms with Crippen LogP contribution in [0.2, 0.25) is 0 Å². The summed E-state index contributed by atoms with van der Waals surface area (Å²) in [5, 5.41) is 9.20. The lowest BCUT2D eigenvalue weighted by Crippen LogP contribution is -2.36. The summed E-state index contributed by atoms with van der Waals surface area (Å²) in [6, 6.07) is 17.3. The summed E-state index contributed by atoms with van der Waals surface area (Å²) < 4.78 is 5.14. The van der Waals surface area contributed by atoms with E-state index in [0.717, 1.165) is 54.9 Å². The number of ketones is 1. The van der Waals surface area contributed by atoms with E-state index >= 15 is 0 Å². The Bertz CT molecular complexity index is 769. The zero-order valence-corrected chi connectivity index (χ0v) is 14.4. The van der Waals surface area contributed by atoms with Gasteiger partial charge in [-0.25, -0.2) is 0 Å². The lowest BCUT2D eigenvalue weighted by atomic mass is 9.88. The van der Waals surface area contributed by atoms with E-state index < -0.39 is 0 Å². The van der Waals surface area contributed by atoms with E-state index in [9.17, 15) is 10.1 Å². The fraction of sp³-hybridized carbons (Fsp3) is 0.333. The van der Waals surface area contributed by atoms with Gasteiger partial charge in [-0.1, -0.05) is 18.2 Å². The number of carbonyl (C=O) groups excluding carboxylic acids is 1. The number of methoxy groups -OCH3 is 1. The van der Waals surface area contributed by atoms with Gasteiger partial charge in [-0.3, -0.25) is 9.69 Å². The van der Waals surface area contributed by atoms with Crippen molar-refractivity contribution in [2.24, 2.45) is 5.92 Å². The summed E-state index contributed by atoms with van der Waals surface area (Å²) in [5.74, 6) is 1.07. The van der Waals surface area contributed by atoms with E-state index in [4.69, 9.17) is 4.74 Å². The van der Waals surface area contributed by atoms with Crippen molar-refractivity contribution in [3.05, 3.63) is 65.2 Å². The molecule has 4 nitrogen and oxygen atoms in total. The number of carbonyl (C=O) groups is 1. The van der Waals surface area contributed by atoms with Gasteiger partial charge < -0.3 is 4.74 Å². The quantitative estimate of drug-likeness (QED) is 0.783. The summed E-state index contributed by atoms with van der Waals surface area (Å²) in [6.45, 7) is 2.53. The maximum atomic E-state index is 12.7. The fourth-order valence-electron chi connectivity index (χ4n) is 3.35. The van der Waals surface area contributed by atoms with Gasteiger partial charge in [0, 0.05) is 18.0 Å². The first-order valence-electron chi connectivity index (χ1n) is 8.60. The second-order valence-electron chi connectivity index (χ2n) is 6.41. The Morgan fingerprint density at radius 2 is 1.84 bits per heavy atom. The topological polar surface area (TPSA) is 53.3 Å². The van der Waals surface area contributed by atoms with Gasteiger partial charge in [-0.05, 0) is 61.8 Å². The van der Waals surface area contributed by atoms with Crippen LogP contribution >= 0.6 is 0 Å². The van der Waals surface area contributed by atoms with Crippen LogP contribution in [0.25, 0.3) is 0 Å². The molecule has 1 aliphatic rings. The third-order valence-corrected chi connectivity index (χ3v) is 4.86. The van der Waals surface area contributed by atoms with Crippen molar-refractivity contribution in [3.63, 3.8) is 0 Å². The van der Waals surface area contributed by atoms with E-state index in [1.807, 2.05) is 48.5 Å². The molecule has 0 aliphatic carbocycles. The molecule has 0 atom stereocenters. The van der Waals surface area contributed by atoms with Crippen molar-refractivity contribution in [2.45, 2.75) is 19.4 Å². The molecule has 0 amide bonds. The molecule has 0 saturated carbocycles. The van der Waals surface area contributed by atoms with Gasteiger partial charge in [0.05, 0.1) is 18.7 Å². The average molecular weight is 334 g/mol. The van der Waals surface area contributed by atoms with E-state index in [1.165, 1.54) is 0 Å². The van der Waals surface area contributed by atoms with Gasteiger partial charge in [0.1, 0.15) is 5.75 Å². The number of hydrogen-bond acceptors (Lipinski definition) is 4. The van der Waals surface area contributed by atoms with Crippen molar-refractivity contribution in [3.8, 4) is 11.8 Å². The number of hydrogen-bond donors (Lipinski definition) is 0. The number of rotatable bonds is 5. The minimum absolute atomic E-state index is 0.0795. The van der Waals surface area contributed by atoms with Crippen LogP contribution in [-0.2, 0) is 6.54 Å². The Hall–Kier alpha value is -2.64. The summed E-state index contributed by atoms with van der Waals surface area (Å²) in [6.07, 6.45) is 1.72. The Kier molecular flexibility index (Phi) is 5.47. The largest absolute Gasteiger partial charge is 0.497 e. The Labute approximate surface area is 148 Å². The van der Waals surface area contributed by atoms with Crippen molar-refractivity contribution >= 4 is 5.78 Å². The summed E-state index contributed by atoms with van der Waals surface area (Å²) in [5.41, 5.74) is 2.55. The molecule has 0 bridgehead atoms. The number of nitrogens with zero attached hydrogens (tertiary/aromatic N) is 2. The van der Waals surface area contributed by atoms with Crippen LogP contribution in [0.5, 0.6) is 5.75 Å². The molecular weight excluding hydrogens is 312 g/mol.